The highest BCUT2D eigenvalue weighted by molar-refractivity contribution is 7.07. The third kappa shape index (κ3) is 3.06. The minimum absolute atomic E-state index is 0.0201. The van der Waals surface area contributed by atoms with Crippen LogP contribution in [0.2, 0.25) is 0 Å². The SMILES string of the molecule is CN(Cc1ccsc1)C(=O)c1ccc2noc(-c3ccccc3)c2c1. The Bertz CT molecular complexity index is 1010. The van der Waals surface area contributed by atoms with Crippen molar-refractivity contribution in [2.45, 2.75) is 6.54 Å². The van der Waals surface area contributed by atoms with E-state index in [0.29, 0.717) is 17.9 Å². The summed E-state index contributed by atoms with van der Waals surface area (Å²) in [5, 5.41) is 9.02. The van der Waals surface area contributed by atoms with Crippen molar-refractivity contribution in [1.29, 1.82) is 0 Å². The van der Waals surface area contributed by atoms with Gasteiger partial charge in [0.1, 0.15) is 5.52 Å². The van der Waals surface area contributed by atoms with Gasteiger partial charge in [-0.05, 0) is 40.6 Å². The van der Waals surface area contributed by atoms with Crippen molar-refractivity contribution in [3.05, 3.63) is 76.5 Å². The first-order chi connectivity index (χ1) is 12.2. The molecule has 0 saturated carbocycles. The van der Waals surface area contributed by atoms with Crippen LogP contribution in [0.4, 0.5) is 0 Å². The molecule has 0 radical (unpaired) electrons. The molecule has 5 heteroatoms. The van der Waals surface area contributed by atoms with Crippen LogP contribution in [0.3, 0.4) is 0 Å². The molecule has 2 heterocycles. The van der Waals surface area contributed by atoms with Gasteiger partial charge in [0, 0.05) is 24.7 Å². The van der Waals surface area contributed by atoms with Crippen LogP contribution in [-0.2, 0) is 6.54 Å². The second-order valence-electron chi connectivity index (χ2n) is 5.90. The van der Waals surface area contributed by atoms with Crippen LogP contribution in [0, 0.1) is 0 Å². The zero-order valence-corrected chi connectivity index (χ0v) is 14.5. The highest BCUT2D eigenvalue weighted by Crippen LogP contribution is 2.29. The molecular formula is C20H16N2O2S. The molecule has 0 spiro atoms. The standard InChI is InChI=1S/C20H16N2O2S/c1-22(12-14-9-10-25-13-14)20(23)16-7-8-18-17(11-16)19(24-21-18)15-5-3-2-4-6-15/h2-11,13H,12H2,1H3. The predicted molar refractivity (Wildman–Crippen MR) is 99.6 cm³/mol. The number of aromatic nitrogens is 1. The van der Waals surface area contributed by atoms with Crippen molar-refractivity contribution >= 4 is 28.1 Å². The van der Waals surface area contributed by atoms with E-state index in [1.807, 2.05) is 61.0 Å². The Balaban J connectivity index is 1.67. The van der Waals surface area contributed by atoms with Crippen molar-refractivity contribution in [2.75, 3.05) is 7.05 Å². The largest absolute Gasteiger partial charge is 0.355 e. The van der Waals surface area contributed by atoms with E-state index < -0.39 is 0 Å². The average Bonchev–Trinajstić information content (AvgIpc) is 3.30. The molecule has 0 unspecified atom stereocenters. The lowest BCUT2D eigenvalue weighted by molar-refractivity contribution is 0.0785. The summed E-state index contributed by atoms with van der Waals surface area (Å²) in [4.78, 5) is 14.5. The van der Waals surface area contributed by atoms with Crippen LogP contribution in [0.15, 0.2) is 69.9 Å². The van der Waals surface area contributed by atoms with Gasteiger partial charge in [0.15, 0.2) is 5.76 Å². The Kier molecular flexibility index (Phi) is 4.07. The highest BCUT2D eigenvalue weighted by Gasteiger charge is 2.16. The van der Waals surface area contributed by atoms with Crippen LogP contribution in [0.25, 0.3) is 22.2 Å². The van der Waals surface area contributed by atoms with Crippen molar-refractivity contribution < 1.29 is 9.32 Å². The van der Waals surface area contributed by atoms with E-state index in [1.165, 1.54) is 0 Å². The van der Waals surface area contributed by atoms with Gasteiger partial charge < -0.3 is 9.42 Å². The van der Waals surface area contributed by atoms with E-state index in [0.717, 1.165) is 22.0 Å². The zero-order valence-electron chi connectivity index (χ0n) is 13.7. The fourth-order valence-electron chi connectivity index (χ4n) is 2.82. The Morgan fingerprint density at radius 3 is 2.76 bits per heavy atom. The van der Waals surface area contributed by atoms with Gasteiger partial charge in [-0.25, -0.2) is 0 Å². The topological polar surface area (TPSA) is 46.3 Å². The van der Waals surface area contributed by atoms with Crippen molar-refractivity contribution in [3.8, 4) is 11.3 Å². The van der Waals surface area contributed by atoms with E-state index in [4.69, 9.17) is 4.52 Å². The first kappa shape index (κ1) is 15.6. The lowest BCUT2D eigenvalue weighted by Crippen LogP contribution is -2.25. The number of carbonyl (C=O) groups excluding carboxylic acids is 1. The summed E-state index contributed by atoms with van der Waals surface area (Å²) in [6.45, 7) is 0.593. The van der Waals surface area contributed by atoms with Crippen LogP contribution < -0.4 is 0 Å². The Hall–Kier alpha value is -2.92. The summed E-state index contributed by atoms with van der Waals surface area (Å²) >= 11 is 1.63. The summed E-state index contributed by atoms with van der Waals surface area (Å²) in [7, 11) is 1.82. The Morgan fingerprint density at radius 2 is 2.00 bits per heavy atom. The van der Waals surface area contributed by atoms with Gasteiger partial charge in [-0.15, -0.1) is 0 Å². The fraction of sp³-hybridized carbons (Fsp3) is 0.100. The summed E-state index contributed by atoms with van der Waals surface area (Å²) in [5.41, 5.74) is 3.46. The first-order valence-corrected chi connectivity index (χ1v) is 8.88. The second kappa shape index (κ2) is 6.53. The molecule has 0 aliphatic heterocycles. The molecule has 1 amide bonds. The molecule has 0 N–H and O–H groups in total. The van der Waals surface area contributed by atoms with Gasteiger partial charge in [0.05, 0.1) is 5.39 Å². The fourth-order valence-corrected chi connectivity index (χ4v) is 3.48. The number of hydrogen-bond acceptors (Lipinski definition) is 4. The third-order valence-electron chi connectivity index (χ3n) is 4.11. The molecule has 4 nitrogen and oxygen atoms in total. The van der Waals surface area contributed by atoms with Gasteiger partial charge in [0.25, 0.3) is 5.91 Å². The molecule has 0 fully saturated rings. The number of benzene rings is 2. The van der Waals surface area contributed by atoms with E-state index in [2.05, 4.69) is 10.5 Å². The van der Waals surface area contributed by atoms with Gasteiger partial charge in [-0.2, -0.15) is 11.3 Å². The summed E-state index contributed by atoms with van der Waals surface area (Å²) < 4.78 is 5.51. The molecule has 0 saturated heterocycles. The Labute approximate surface area is 149 Å². The molecule has 25 heavy (non-hydrogen) atoms. The summed E-state index contributed by atoms with van der Waals surface area (Å²) in [5.74, 6) is 0.666. The van der Waals surface area contributed by atoms with Crippen LogP contribution >= 0.6 is 11.3 Å². The van der Waals surface area contributed by atoms with E-state index in [9.17, 15) is 4.79 Å². The number of carbonyl (C=O) groups is 1. The van der Waals surface area contributed by atoms with E-state index in [1.54, 1.807) is 22.3 Å². The second-order valence-corrected chi connectivity index (χ2v) is 6.68. The van der Waals surface area contributed by atoms with Gasteiger partial charge in [-0.1, -0.05) is 35.5 Å². The molecule has 2 aromatic heterocycles. The van der Waals surface area contributed by atoms with Crippen molar-refractivity contribution in [2.24, 2.45) is 0 Å². The first-order valence-electron chi connectivity index (χ1n) is 7.94. The number of fused-ring (bicyclic) bond motifs is 1. The lowest BCUT2D eigenvalue weighted by Gasteiger charge is -2.16. The Morgan fingerprint density at radius 1 is 1.16 bits per heavy atom. The molecule has 0 bridgehead atoms. The smallest absolute Gasteiger partial charge is 0.253 e. The molecule has 124 valence electrons. The highest BCUT2D eigenvalue weighted by atomic mass is 32.1. The molecule has 0 aliphatic rings. The number of nitrogens with zero attached hydrogens (tertiary/aromatic N) is 2. The van der Waals surface area contributed by atoms with E-state index >= 15 is 0 Å². The molecular weight excluding hydrogens is 332 g/mol. The van der Waals surface area contributed by atoms with Crippen LogP contribution in [0.5, 0.6) is 0 Å². The van der Waals surface area contributed by atoms with Crippen LogP contribution in [0.1, 0.15) is 15.9 Å². The number of rotatable bonds is 4. The van der Waals surface area contributed by atoms with Crippen molar-refractivity contribution in [1.82, 2.24) is 10.1 Å². The molecule has 0 atom stereocenters. The maximum atomic E-state index is 12.8. The predicted octanol–water partition coefficient (Wildman–Crippen LogP) is 4.83. The number of amides is 1. The lowest BCUT2D eigenvalue weighted by atomic mass is 10.1. The molecule has 0 aliphatic carbocycles. The maximum absolute atomic E-state index is 12.8. The van der Waals surface area contributed by atoms with Gasteiger partial charge >= 0.3 is 0 Å². The van der Waals surface area contributed by atoms with E-state index in [-0.39, 0.29) is 5.91 Å². The van der Waals surface area contributed by atoms with Crippen LogP contribution in [-0.4, -0.2) is 23.0 Å². The summed E-state index contributed by atoms with van der Waals surface area (Å²) in [6.07, 6.45) is 0. The quantitative estimate of drug-likeness (QED) is 0.531. The summed E-state index contributed by atoms with van der Waals surface area (Å²) in [6, 6.07) is 17.3. The molecule has 4 aromatic rings. The number of hydrogen-bond donors (Lipinski definition) is 0. The van der Waals surface area contributed by atoms with Gasteiger partial charge in [0.2, 0.25) is 0 Å². The monoisotopic (exact) mass is 348 g/mol. The molecule has 4 rings (SSSR count). The minimum Gasteiger partial charge on any atom is -0.355 e. The molecule has 2 aromatic carbocycles. The van der Waals surface area contributed by atoms with Crippen molar-refractivity contribution in [3.63, 3.8) is 0 Å². The van der Waals surface area contributed by atoms with Gasteiger partial charge in [-0.3, -0.25) is 4.79 Å². The average molecular weight is 348 g/mol. The normalized spacial score (nSPS) is 10.9. The third-order valence-corrected chi connectivity index (χ3v) is 4.84. The number of thiophene rings is 1. The maximum Gasteiger partial charge on any atom is 0.253 e. The minimum atomic E-state index is -0.0201. The zero-order chi connectivity index (χ0) is 17.2.